The molecule has 0 radical (unpaired) electrons. The average molecular weight is 290 g/mol. The van der Waals surface area contributed by atoms with Crippen LogP contribution < -0.4 is 0 Å². The first-order valence-electron chi connectivity index (χ1n) is 7.19. The molecule has 3 rings (SSSR count). The highest BCUT2D eigenvalue weighted by atomic mass is 19.1. The van der Waals surface area contributed by atoms with Gasteiger partial charge < -0.3 is 14.0 Å². The van der Waals surface area contributed by atoms with Gasteiger partial charge in [-0.2, -0.15) is 0 Å². The number of rotatable bonds is 4. The Kier molecular flexibility index (Phi) is 4.03. The fourth-order valence-electron chi connectivity index (χ4n) is 2.82. The molecule has 0 N–H and O–H groups in total. The summed E-state index contributed by atoms with van der Waals surface area (Å²) in [7, 11) is 0. The molecule has 2 heterocycles. The van der Waals surface area contributed by atoms with Gasteiger partial charge in [0.1, 0.15) is 17.7 Å². The van der Waals surface area contributed by atoms with Crippen molar-refractivity contribution in [3.8, 4) is 11.4 Å². The number of aryl methyl sites for hydroxylation is 1. The van der Waals surface area contributed by atoms with Crippen molar-refractivity contribution in [1.82, 2.24) is 9.55 Å². The fraction of sp³-hybridized carbons (Fsp3) is 0.438. The Balaban J connectivity index is 1.97. The van der Waals surface area contributed by atoms with Crippen LogP contribution in [0.4, 0.5) is 4.39 Å². The van der Waals surface area contributed by atoms with Crippen LogP contribution in [0.3, 0.4) is 0 Å². The maximum Gasteiger partial charge on any atom is 0.140 e. The SMILES string of the molecule is CCO[C@H]1COC[C@@H]1n1ccnc1-c1ccc(F)cc1C. The van der Waals surface area contributed by atoms with Gasteiger partial charge in [-0.1, -0.05) is 0 Å². The predicted molar refractivity (Wildman–Crippen MR) is 77.6 cm³/mol. The summed E-state index contributed by atoms with van der Waals surface area (Å²) in [5.41, 5.74) is 1.80. The topological polar surface area (TPSA) is 36.3 Å². The van der Waals surface area contributed by atoms with E-state index in [-0.39, 0.29) is 18.0 Å². The van der Waals surface area contributed by atoms with Crippen molar-refractivity contribution >= 4 is 0 Å². The van der Waals surface area contributed by atoms with E-state index < -0.39 is 0 Å². The number of hydrogen-bond donors (Lipinski definition) is 0. The monoisotopic (exact) mass is 290 g/mol. The van der Waals surface area contributed by atoms with Gasteiger partial charge in [-0.3, -0.25) is 0 Å². The first-order chi connectivity index (χ1) is 10.2. The third kappa shape index (κ3) is 2.71. The van der Waals surface area contributed by atoms with Gasteiger partial charge in [0, 0.05) is 24.6 Å². The molecule has 112 valence electrons. The molecule has 0 aliphatic carbocycles. The maximum absolute atomic E-state index is 13.3. The first-order valence-corrected chi connectivity index (χ1v) is 7.19. The standard InChI is InChI=1S/C16H19FN2O2/c1-3-21-15-10-20-9-14(15)19-7-6-18-16(19)13-5-4-12(17)8-11(13)2/h4-8,14-15H,3,9-10H2,1-2H3/t14-,15-/m0/s1. The molecule has 0 spiro atoms. The number of hydrogen-bond acceptors (Lipinski definition) is 3. The molecule has 5 heteroatoms. The van der Waals surface area contributed by atoms with Crippen molar-refractivity contribution in [1.29, 1.82) is 0 Å². The Hall–Kier alpha value is -1.72. The van der Waals surface area contributed by atoms with E-state index in [9.17, 15) is 4.39 Å². The van der Waals surface area contributed by atoms with Gasteiger partial charge in [-0.05, 0) is 37.6 Å². The Bertz CT molecular complexity index is 626. The summed E-state index contributed by atoms with van der Waals surface area (Å²) in [6, 6.07) is 4.87. The van der Waals surface area contributed by atoms with Crippen LogP contribution in [0.5, 0.6) is 0 Å². The van der Waals surface area contributed by atoms with Crippen molar-refractivity contribution in [2.75, 3.05) is 19.8 Å². The molecule has 1 aliphatic rings. The van der Waals surface area contributed by atoms with Gasteiger partial charge in [0.25, 0.3) is 0 Å². The first kappa shape index (κ1) is 14.2. The predicted octanol–water partition coefficient (Wildman–Crippen LogP) is 2.97. The Morgan fingerprint density at radius 1 is 1.43 bits per heavy atom. The number of halogens is 1. The van der Waals surface area contributed by atoms with E-state index in [4.69, 9.17) is 9.47 Å². The summed E-state index contributed by atoms with van der Waals surface area (Å²) in [6.07, 6.45) is 3.73. The zero-order valence-corrected chi connectivity index (χ0v) is 12.3. The van der Waals surface area contributed by atoms with Crippen LogP contribution in [0.15, 0.2) is 30.6 Å². The largest absolute Gasteiger partial charge is 0.376 e. The van der Waals surface area contributed by atoms with E-state index in [1.807, 2.05) is 20.0 Å². The lowest BCUT2D eigenvalue weighted by molar-refractivity contribution is 0.0364. The molecule has 1 fully saturated rings. The molecule has 4 nitrogen and oxygen atoms in total. The zero-order chi connectivity index (χ0) is 14.8. The molecule has 1 aromatic heterocycles. The second kappa shape index (κ2) is 5.95. The molecular formula is C16H19FN2O2. The highest BCUT2D eigenvalue weighted by molar-refractivity contribution is 5.60. The molecule has 1 saturated heterocycles. The van der Waals surface area contributed by atoms with Gasteiger partial charge in [0.2, 0.25) is 0 Å². The van der Waals surface area contributed by atoms with Crippen molar-refractivity contribution in [2.45, 2.75) is 26.0 Å². The fourth-order valence-corrected chi connectivity index (χ4v) is 2.82. The molecule has 1 aromatic carbocycles. The number of aromatic nitrogens is 2. The van der Waals surface area contributed by atoms with Crippen LogP contribution in [0.25, 0.3) is 11.4 Å². The van der Waals surface area contributed by atoms with Crippen LogP contribution in [0, 0.1) is 12.7 Å². The summed E-state index contributed by atoms with van der Waals surface area (Å²) in [5, 5.41) is 0. The Morgan fingerprint density at radius 2 is 2.29 bits per heavy atom. The van der Waals surface area contributed by atoms with Crippen LogP contribution in [0.1, 0.15) is 18.5 Å². The minimum absolute atomic E-state index is 0.0312. The molecule has 21 heavy (non-hydrogen) atoms. The van der Waals surface area contributed by atoms with Crippen LogP contribution in [-0.4, -0.2) is 35.5 Å². The van der Waals surface area contributed by atoms with Crippen molar-refractivity contribution < 1.29 is 13.9 Å². The molecular weight excluding hydrogens is 271 g/mol. The molecule has 2 atom stereocenters. The smallest absolute Gasteiger partial charge is 0.140 e. The minimum Gasteiger partial charge on any atom is -0.376 e. The normalized spacial score (nSPS) is 21.9. The lowest BCUT2D eigenvalue weighted by atomic mass is 10.1. The van der Waals surface area contributed by atoms with Crippen LogP contribution in [0.2, 0.25) is 0 Å². The van der Waals surface area contributed by atoms with E-state index in [0.717, 1.165) is 17.0 Å². The summed E-state index contributed by atoms with van der Waals surface area (Å²) < 4.78 is 26.7. The molecule has 0 saturated carbocycles. The number of nitrogens with zero attached hydrogens (tertiary/aromatic N) is 2. The highest BCUT2D eigenvalue weighted by Gasteiger charge is 2.31. The second-order valence-electron chi connectivity index (χ2n) is 5.22. The second-order valence-corrected chi connectivity index (χ2v) is 5.22. The maximum atomic E-state index is 13.3. The number of ether oxygens (including phenoxy) is 2. The highest BCUT2D eigenvalue weighted by Crippen LogP contribution is 2.30. The third-order valence-electron chi connectivity index (χ3n) is 3.84. The molecule has 0 bridgehead atoms. The van der Waals surface area contributed by atoms with Gasteiger partial charge in [-0.15, -0.1) is 0 Å². The van der Waals surface area contributed by atoms with Gasteiger partial charge in [0.15, 0.2) is 0 Å². The number of imidazole rings is 1. The van der Waals surface area contributed by atoms with Crippen molar-refractivity contribution in [3.05, 3.63) is 42.0 Å². The van der Waals surface area contributed by atoms with Crippen LogP contribution in [-0.2, 0) is 9.47 Å². The quantitative estimate of drug-likeness (QED) is 0.868. The van der Waals surface area contributed by atoms with Gasteiger partial charge in [0.05, 0.1) is 19.3 Å². The third-order valence-corrected chi connectivity index (χ3v) is 3.84. The van der Waals surface area contributed by atoms with Gasteiger partial charge in [-0.25, -0.2) is 9.37 Å². The summed E-state index contributed by atoms with van der Waals surface area (Å²) >= 11 is 0. The lowest BCUT2D eigenvalue weighted by Crippen LogP contribution is -2.25. The van der Waals surface area contributed by atoms with Crippen molar-refractivity contribution in [3.63, 3.8) is 0 Å². The van der Waals surface area contributed by atoms with E-state index >= 15 is 0 Å². The van der Waals surface area contributed by atoms with E-state index in [1.165, 1.54) is 12.1 Å². The Labute approximate surface area is 123 Å². The van der Waals surface area contributed by atoms with E-state index in [0.29, 0.717) is 19.8 Å². The zero-order valence-electron chi connectivity index (χ0n) is 12.3. The van der Waals surface area contributed by atoms with E-state index in [1.54, 1.807) is 12.3 Å². The molecule has 0 unspecified atom stereocenters. The van der Waals surface area contributed by atoms with Crippen LogP contribution >= 0.6 is 0 Å². The Morgan fingerprint density at radius 3 is 3.05 bits per heavy atom. The minimum atomic E-state index is -0.231. The lowest BCUT2D eigenvalue weighted by Gasteiger charge is -2.21. The summed E-state index contributed by atoms with van der Waals surface area (Å²) in [6.45, 7) is 5.73. The molecule has 1 aliphatic heterocycles. The van der Waals surface area contributed by atoms with Gasteiger partial charge >= 0.3 is 0 Å². The molecule has 0 amide bonds. The van der Waals surface area contributed by atoms with E-state index in [2.05, 4.69) is 9.55 Å². The average Bonchev–Trinajstić information content (AvgIpc) is 3.07. The van der Waals surface area contributed by atoms with Crippen molar-refractivity contribution in [2.24, 2.45) is 0 Å². The summed E-state index contributed by atoms with van der Waals surface area (Å²) in [5.74, 6) is 0.596. The molecule has 2 aromatic rings. The summed E-state index contributed by atoms with van der Waals surface area (Å²) in [4.78, 5) is 4.45. The number of benzene rings is 1.